The van der Waals surface area contributed by atoms with E-state index in [1.807, 2.05) is 0 Å². The fourth-order valence-corrected chi connectivity index (χ4v) is 2.02. The zero-order valence-electron chi connectivity index (χ0n) is 11.6. The highest BCUT2D eigenvalue weighted by molar-refractivity contribution is 5.87. The molecule has 2 rings (SSSR count). The average Bonchev–Trinajstić information content (AvgIpc) is 3.27. The van der Waals surface area contributed by atoms with Crippen molar-refractivity contribution >= 4 is 5.97 Å². The molecule has 1 fully saturated rings. The van der Waals surface area contributed by atoms with E-state index in [9.17, 15) is 44.3 Å². The second kappa shape index (κ2) is 5.24. The fraction of sp³-hybridized carbons (Fsp3) is 0.417. The van der Waals surface area contributed by atoms with Gasteiger partial charge in [0.2, 0.25) is 0 Å². The summed E-state index contributed by atoms with van der Waals surface area (Å²) in [7, 11) is 0. The lowest BCUT2D eigenvalue weighted by atomic mass is 9.89. The van der Waals surface area contributed by atoms with Crippen molar-refractivity contribution in [1.82, 2.24) is 10.9 Å². The molecule has 1 saturated heterocycles. The third-order valence-corrected chi connectivity index (χ3v) is 3.56. The van der Waals surface area contributed by atoms with E-state index in [2.05, 4.69) is 0 Å². The molecule has 1 heterocycles. The standard InChI is InChI=1S/C12H7F9N2O2/c13-9(14,10(15,16)11(17,18)12(19,20)21)8(22-23-8)6-3-1-5(2-4-6)7(24)25/h1-4,22-23H,(H,24,25). The lowest BCUT2D eigenvalue weighted by Gasteiger charge is -2.36. The number of alkyl halides is 9. The number of hydrazine groups is 1. The Labute approximate surface area is 132 Å². The van der Waals surface area contributed by atoms with Gasteiger partial charge in [-0.3, -0.25) is 0 Å². The van der Waals surface area contributed by atoms with Crippen LogP contribution in [0.2, 0.25) is 0 Å². The number of aromatic carboxylic acids is 1. The molecule has 25 heavy (non-hydrogen) atoms. The molecule has 0 saturated carbocycles. The fourth-order valence-electron chi connectivity index (χ4n) is 2.02. The van der Waals surface area contributed by atoms with Gasteiger partial charge in [0.05, 0.1) is 5.56 Å². The molecular weight excluding hydrogens is 375 g/mol. The Hall–Kier alpha value is -2.02. The van der Waals surface area contributed by atoms with Crippen LogP contribution in [-0.2, 0) is 5.66 Å². The van der Waals surface area contributed by atoms with Gasteiger partial charge in [-0.05, 0) is 17.7 Å². The minimum Gasteiger partial charge on any atom is -0.478 e. The smallest absolute Gasteiger partial charge is 0.460 e. The molecule has 0 bridgehead atoms. The molecule has 0 radical (unpaired) electrons. The van der Waals surface area contributed by atoms with Crippen LogP contribution in [0.25, 0.3) is 0 Å². The van der Waals surface area contributed by atoms with Crippen molar-refractivity contribution in [2.24, 2.45) is 0 Å². The summed E-state index contributed by atoms with van der Waals surface area (Å²) in [6.07, 6.45) is -6.93. The van der Waals surface area contributed by atoms with Gasteiger partial charge >= 0.3 is 29.9 Å². The Bertz CT molecular complexity index is 681. The molecule has 1 aliphatic rings. The average molecular weight is 382 g/mol. The van der Waals surface area contributed by atoms with Crippen LogP contribution in [0.5, 0.6) is 0 Å². The third kappa shape index (κ3) is 2.52. The van der Waals surface area contributed by atoms with Crippen LogP contribution in [0.4, 0.5) is 39.5 Å². The van der Waals surface area contributed by atoms with Crippen LogP contribution in [0.15, 0.2) is 24.3 Å². The number of carbonyl (C=O) groups is 1. The predicted octanol–water partition coefficient (Wildman–Crippen LogP) is 3.11. The van der Waals surface area contributed by atoms with Crippen LogP contribution >= 0.6 is 0 Å². The Morgan fingerprint density at radius 2 is 1.28 bits per heavy atom. The van der Waals surface area contributed by atoms with Crippen molar-refractivity contribution in [3.05, 3.63) is 35.4 Å². The summed E-state index contributed by atoms with van der Waals surface area (Å²) < 4.78 is 117. The summed E-state index contributed by atoms with van der Waals surface area (Å²) in [5, 5.41) is 8.66. The Morgan fingerprint density at radius 3 is 1.60 bits per heavy atom. The number of hydrogen-bond acceptors (Lipinski definition) is 3. The lowest BCUT2D eigenvalue weighted by molar-refractivity contribution is -0.401. The number of rotatable bonds is 5. The molecule has 0 aliphatic carbocycles. The number of nitrogens with one attached hydrogen (secondary N) is 2. The highest BCUT2D eigenvalue weighted by atomic mass is 19.4. The van der Waals surface area contributed by atoms with Crippen molar-refractivity contribution in [3.63, 3.8) is 0 Å². The first-order valence-corrected chi connectivity index (χ1v) is 6.20. The lowest BCUT2D eigenvalue weighted by Crippen LogP contribution is -2.65. The number of halogens is 9. The van der Waals surface area contributed by atoms with Crippen LogP contribution in [0.3, 0.4) is 0 Å². The molecule has 0 unspecified atom stereocenters. The molecule has 140 valence electrons. The van der Waals surface area contributed by atoms with E-state index >= 15 is 0 Å². The first-order chi connectivity index (χ1) is 11.1. The molecule has 3 N–H and O–H groups in total. The summed E-state index contributed by atoms with van der Waals surface area (Å²) >= 11 is 0. The highest BCUT2D eigenvalue weighted by Gasteiger charge is 2.88. The van der Waals surface area contributed by atoms with Crippen molar-refractivity contribution in [2.75, 3.05) is 0 Å². The summed E-state index contributed by atoms with van der Waals surface area (Å²) in [5.74, 6) is -21.3. The van der Waals surface area contributed by atoms with Gasteiger partial charge < -0.3 is 5.11 Å². The SMILES string of the molecule is O=C(O)c1ccc(C2(C(F)(F)C(F)(F)C(F)(F)C(F)(F)F)NN2)cc1. The van der Waals surface area contributed by atoms with Gasteiger partial charge in [-0.15, -0.1) is 0 Å². The molecule has 1 aliphatic heterocycles. The Kier molecular flexibility index (Phi) is 4.04. The maximum absolute atomic E-state index is 14.0. The van der Waals surface area contributed by atoms with Gasteiger partial charge in [0.15, 0.2) is 5.66 Å². The number of carboxylic acids is 1. The van der Waals surface area contributed by atoms with Crippen molar-refractivity contribution in [1.29, 1.82) is 0 Å². The first-order valence-electron chi connectivity index (χ1n) is 6.20. The molecule has 13 heteroatoms. The molecule has 0 spiro atoms. The maximum atomic E-state index is 14.0. The molecule has 0 atom stereocenters. The summed E-state index contributed by atoms with van der Waals surface area (Å²) in [6.45, 7) is 0. The number of carboxylic acid groups (broad SMARTS) is 1. The largest absolute Gasteiger partial charge is 0.478 e. The van der Waals surface area contributed by atoms with Gasteiger partial charge in [0.1, 0.15) is 0 Å². The molecule has 4 nitrogen and oxygen atoms in total. The van der Waals surface area contributed by atoms with Crippen LogP contribution in [0.1, 0.15) is 15.9 Å². The van der Waals surface area contributed by atoms with E-state index in [4.69, 9.17) is 5.11 Å². The molecule has 1 aromatic rings. The van der Waals surface area contributed by atoms with E-state index in [1.165, 1.54) is 10.9 Å². The van der Waals surface area contributed by atoms with E-state index in [0.29, 0.717) is 24.3 Å². The number of hydrogen-bond donors (Lipinski definition) is 3. The van der Waals surface area contributed by atoms with Gasteiger partial charge in [0, 0.05) is 0 Å². The van der Waals surface area contributed by atoms with Crippen molar-refractivity contribution in [2.45, 2.75) is 29.6 Å². The summed E-state index contributed by atoms with van der Waals surface area (Å²) in [4.78, 5) is 10.7. The Balaban J connectivity index is 2.49. The first kappa shape index (κ1) is 19.3. The van der Waals surface area contributed by atoms with E-state index in [0.717, 1.165) is 0 Å². The summed E-state index contributed by atoms with van der Waals surface area (Å²) in [6, 6.07) is 2.53. The van der Waals surface area contributed by atoms with Crippen molar-refractivity contribution in [3.8, 4) is 0 Å². The topological polar surface area (TPSA) is 81.2 Å². The third-order valence-electron chi connectivity index (χ3n) is 3.56. The van der Waals surface area contributed by atoms with Gasteiger partial charge in [-0.2, -0.15) is 39.5 Å². The second-order valence-electron chi connectivity index (χ2n) is 5.10. The number of benzene rings is 1. The van der Waals surface area contributed by atoms with E-state index in [-0.39, 0.29) is 0 Å². The Morgan fingerprint density at radius 1 is 0.840 bits per heavy atom. The van der Waals surface area contributed by atoms with Gasteiger partial charge in [-0.25, -0.2) is 15.6 Å². The minimum absolute atomic E-state index is 0.449. The van der Waals surface area contributed by atoms with Crippen LogP contribution < -0.4 is 10.9 Å². The molecule has 1 aromatic carbocycles. The normalized spacial score (nSPS) is 18.1. The highest BCUT2D eigenvalue weighted by Crippen LogP contribution is 2.59. The van der Waals surface area contributed by atoms with Crippen LogP contribution in [-0.4, -0.2) is 35.0 Å². The molecule has 0 aromatic heterocycles. The molecule has 0 amide bonds. The van der Waals surface area contributed by atoms with E-state index < -0.39 is 46.7 Å². The van der Waals surface area contributed by atoms with E-state index in [1.54, 1.807) is 0 Å². The summed E-state index contributed by atoms with van der Waals surface area (Å²) in [5.41, 5.74) is -1.83. The van der Waals surface area contributed by atoms with Gasteiger partial charge in [0.25, 0.3) is 0 Å². The minimum atomic E-state index is -7.02. The zero-order chi connectivity index (χ0) is 19.5. The molecular formula is C12H7F9N2O2. The quantitative estimate of drug-likeness (QED) is 0.540. The maximum Gasteiger partial charge on any atom is 0.460 e. The second-order valence-corrected chi connectivity index (χ2v) is 5.10. The zero-order valence-corrected chi connectivity index (χ0v) is 11.6. The monoisotopic (exact) mass is 382 g/mol. The van der Waals surface area contributed by atoms with Crippen molar-refractivity contribution < 1.29 is 49.4 Å². The van der Waals surface area contributed by atoms with Crippen LogP contribution in [0, 0.1) is 0 Å². The van der Waals surface area contributed by atoms with Gasteiger partial charge in [-0.1, -0.05) is 12.1 Å². The predicted molar refractivity (Wildman–Crippen MR) is 62.2 cm³/mol.